The van der Waals surface area contributed by atoms with Crippen LogP contribution >= 0.6 is 11.8 Å². The Kier molecular flexibility index (Phi) is 4.94. The zero-order chi connectivity index (χ0) is 17.6. The summed E-state index contributed by atoms with van der Waals surface area (Å²) in [6.07, 6.45) is 3.51. The molecule has 2 aromatic heterocycles. The summed E-state index contributed by atoms with van der Waals surface area (Å²) < 4.78 is 5.78. The van der Waals surface area contributed by atoms with Crippen LogP contribution in [-0.4, -0.2) is 11.2 Å². The van der Waals surface area contributed by atoms with Gasteiger partial charge in [-0.15, -0.1) is 0 Å². The van der Waals surface area contributed by atoms with Gasteiger partial charge in [0.2, 0.25) is 0 Å². The van der Waals surface area contributed by atoms with Crippen molar-refractivity contribution in [2.45, 2.75) is 10.1 Å². The number of rotatable bonds is 5. The highest BCUT2D eigenvalue weighted by Crippen LogP contribution is 2.27. The second-order valence-corrected chi connectivity index (χ2v) is 6.62. The summed E-state index contributed by atoms with van der Waals surface area (Å²) in [5, 5.41) is 1.70. The molecule has 0 saturated carbocycles. The Balaban J connectivity index is 1.43. The molecule has 0 bridgehead atoms. The first kappa shape index (κ1) is 16.4. The van der Waals surface area contributed by atoms with Gasteiger partial charge in [-0.25, -0.2) is 4.98 Å². The highest BCUT2D eigenvalue weighted by Gasteiger charge is 2.03. The van der Waals surface area contributed by atoms with Crippen LogP contribution in [0.1, 0.15) is 5.76 Å². The maximum atomic E-state index is 5.78. The Hall–Kier alpha value is -3.11. The van der Waals surface area contributed by atoms with Gasteiger partial charge in [-0.3, -0.25) is 4.99 Å². The lowest BCUT2D eigenvalue weighted by Crippen LogP contribution is -1.77. The predicted molar refractivity (Wildman–Crippen MR) is 106 cm³/mol. The lowest BCUT2D eigenvalue weighted by atomic mass is 10.1. The van der Waals surface area contributed by atoms with Gasteiger partial charge in [-0.1, -0.05) is 48.5 Å². The maximum Gasteiger partial charge on any atom is 0.167 e. The molecule has 0 atom stereocenters. The van der Waals surface area contributed by atoms with Crippen LogP contribution in [0.4, 0.5) is 5.69 Å². The third kappa shape index (κ3) is 4.10. The van der Waals surface area contributed by atoms with E-state index in [1.54, 1.807) is 12.4 Å². The predicted octanol–water partition coefficient (Wildman–Crippen LogP) is 6.24. The number of hydrogen-bond donors (Lipinski definition) is 0. The molecule has 0 unspecified atom stereocenters. The van der Waals surface area contributed by atoms with Gasteiger partial charge in [-0.2, -0.15) is 0 Å². The molecule has 2 aromatic carbocycles. The second kappa shape index (κ2) is 7.85. The van der Waals surface area contributed by atoms with Crippen LogP contribution in [0.25, 0.3) is 11.1 Å². The van der Waals surface area contributed by atoms with Crippen molar-refractivity contribution in [3.63, 3.8) is 0 Å². The summed E-state index contributed by atoms with van der Waals surface area (Å²) in [5.74, 6) is 0.718. The van der Waals surface area contributed by atoms with Crippen molar-refractivity contribution in [3.8, 4) is 11.1 Å². The fourth-order valence-corrected chi connectivity index (χ4v) is 3.22. The largest absolute Gasteiger partial charge is 0.448 e. The van der Waals surface area contributed by atoms with Crippen molar-refractivity contribution in [2.24, 2.45) is 4.99 Å². The second-order valence-electron chi connectivity index (χ2n) is 5.60. The van der Waals surface area contributed by atoms with Gasteiger partial charge in [0.05, 0.1) is 11.9 Å². The first-order valence-electron chi connectivity index (χ1n) is 8.25. The minimum absolute atomic E-state index is 0.718. The van der Waals surface area contributed by atoms with Gasteiger partial charge in [0.1, 0.15) is 10.8 Å². The van der Waals surface area contributed by atoms with Crippen molar-refractivity contribution in [1.29, 1.82) is 0 Å². The maximum absolute atomic E-state index is 5.78. The third-order valence-corrected chi connectivity index (χ3v) is 4.63. The van der Waals surface area contributed by atoms with Crippen molar-refractivity contribution in [1.82, 2.24) is 4.98 Å². The molecular formula is C22H16N2OS. The van der Waals surface area contributed by atoms with Crippen molar-refractivity contribution < 1.29 is 4.42 Å². The molecule has 2 heterocycles. The highest BCUT2D eigenvalue weighted by molar-refractivity contribution is 7.99. The summed E-state index contributed by atoms with van der Waals surface area (Å²) >= 11 is 1.49. The Bertz CT molecular complexity index is 993. The van der Waals surface area contributed by atoms with Crippen LogP contribution in [0.2, 0.25) is 0 Å². The Labute approximate surface area is 156 Å². The molecule has 0 aliphatic heterocycles. The molecule has 126 valence electrons. The standard InChI is InChI=1S/C22H16N2OS/c1-2-6-17(7-3-1)18-9-11-19(12-10-18)24-16-20-13-14-22(25-20)26-21-8-4-5-15-23-21/h1-16H. The zero-order valence-electron chi connectivity index (χ0n) is 13.9. The van der Waals surface area contributed by atoms with Crippen LogP contribution in [0.15, 0.2) is 111 Å². The number of hydrogen-bond acceptors (Lipinski definition) is 4. The molecule has 0 N–H and O–H groups in total. The third-order valence-electron chi connectivity index (χ3n) is 3.76. The highest BCUT2D eigenvalue weighted by atomic mass is 32.2. The Morgan fingerprint density at radius 2 is 1.54 bits per heavy atom. The van der Waals surface area contributed by atoms with E-state index in [-0.39, 0.29) is 0 Å². The van der Waals surface area contributed by atoms with Crippen LogP contribution in [0, 0.1) is 0 Å². The van der Waals surface area contributed by atoms with Crippen molar-refractivity contribution in [2.75, 3.05) is 0 Å². The van der Waals surface area contributed by atoms with E-state index in [0.29, 0.717) is 0 Å². The summed E-state index contributed by atoms with van der Waals surface area (Å²) in [4.78, 5) is 8.77. The van der Waals surface area contributed by atoms with Crippen LogP contribution in [-0.2, 0) is 0 Å². The monoisotopic (exact) mass is 356 g/mol. The molecule has 26 heavy (non-hydrogen) atoms. The lowest BCUT2D eigenvalue weighted by Gasteiger charge is -2.01. The average Bonchev–Trinajstić information content (AvgIpc) is 3.16. The summed E-state index contributed by atoms with van der Waals surface area (Å²) in [6.45, 7) is 0. The SMILES string of the molecule is C(=Nc1ccc(-c2ccccc2)cc1)c1ccc(Sc2ccccn2)o1. The summed E-state index contributed by atoms with van der Waals surface area (Å²) in [6, 6.07) is 28.1. The molecule has 4 heteroatoms. The molecule has 0 amide bonds. The molecule has 3 nitrogen and oxygen atoms in total. The number of furan rings is 1. The van der Waals surface area contributed by atoms with E-state index in [4.69, 9.17) is 4.42 Å². The lowest BCUT2D eigenvalue weighted by molar-refractivity contribution is 0.469. The number of aliphatic imine (C=N–C) groups is 1. The van der Waals surface area contributed by atoms with E-state index in [1.165, 1.54) is 22.9 Å². The molecule has 0 spiro atoms. The minimum atomic E-state index is 0.718. The van der Waals surface area contributed by atoms with E-state index in [0.717, 1.165) is 21.6 Å². The first-order valence-corrected chi connectivity index (χ1v) is 9.07. The molecule has 0 aliphatic carbocycles. The molecular weight excluding hydrogens is 340 g/mol. The van der Waals surface area contributed by atoms with Crippen LogP contribution < -0.4 is 0 Å². The van der Waals surface area contributed by atoms with Crippen LogP contribution in [0.5, 0.6) is 0 Å². The smallest absolute Gasteiger partial charge is 0.167 e. The number of nitrogens with zero attached hydrogens (tertiary/aromatic N) is 2. The fraction of sp³-hybridized carbons (Fsp3) is 0. The van der Waals surface area contributed by atoms with Gasteiger partial charge in [-0.05, 0) is 59.3 Å². The van der Waals surface area contributed by atoms with Crippen molar-refractivity contribution >= 4 is 23.7 Å². The molecule has 4 rings (SSSR count). The summed E-state index contributed by atoms with van der Waals surface area (Å²) in [5.41, 5.74) is 3.27. The van der Waals surface area contributed by atoms with E-state index in [1.807, 2.05) is 60.7 Å². The van der Waals surface area contributed by atoms with Gasteiger partial charge in [0, 0.05) is 6.20 Å². The van der Waals surface area contributed by atoms with Gasteiger partial charge < -0.3 is 4.42 Å². The van der Waals surface area contributed by atoms with Gasteiger partial charge in [0.25, 0.3) is 0 Å². The molecule has 0 radical (unpaired) electrons. The van der Waals surface area contributed by atoms with Gasteiger partial charge in [0.15, 0.2) is 5.09 Å². The van der Waals surface area contributed by atoms with Crippen LogP contribution in [0.3, 0.4) is 0 Å². The Morgan fingerprint density at radius 3 is 2.31 bits per heavy atom. The Morgan fingerprint density at radius 1 is 0.769 bits per heavy atom. The molecule has 4 aromatic rings. The number of aromatic nitrogens is 1. The van der Waals surface area contributed by atoms with Crippen molar-refractivity contribution in [3.05, 3.63) is 96.9 Å². The average molecular weight is 356 g/mol. The zero-order valence-corrected chi connectivity index (χ0v) is 14.8. The van der Waals surface area contributed by atoms with E-state index in [9.17, 15) is 0 Å². The molecule has 0 fully saturated rings. The molecule has 0 aliphatic rings. The topological polar surface area (TPSA) is 38.4 Å². The molecule has 0 saturated heterocycles. The summed E-state index contributed by atoms with van der Waals surface area (Å²) in [7, 11) is 0. The minimum Gasteiger partial charge on any atom is -0.448 e. The van der Waals surface area contributed by atoms with Gasteiger partial charge >= 0.3 is 0 Å². The fourth-order valence-electron chi connectivity index (χ4n) is 2.48. The quantitative estimate of drug-likeness (QED) is 0.397. The van der Waals surface area contributed by atoms with E-state index >= 15 is 0 Å². The van der Waals surface area contributed by atoms with E-state index in [2.05, 4.69) is 34.2 Å². The number of pyridine rings is 1. The normalized spacial score (nSPS) is 11.1. The number of benzene rings is 2. The first-order chi connectivity index (χ1) is 12.9. The van der Waals surface area contributed by atoms with E-state index < -0.39 is 0 Å².